The van der Waals surface area contributed by atoms with Gasteiger partial charge in [0.15, 0.2) is 5.78 Å². The lowest BCUT2D eigenvalue weighted by atomic mass is 9.93. The van der Waals surface area contributed by atoms with Gasteiger partial charge < -0.3 is 10.2 Å². The first kappa shape index (κ1) is 15.1. The zero-order chi connectivity index (χ0) is 13.8. The summed E-state index contributed by atoms with van der Waals surface area (Å²) >= 11 is 0. The first-order valence-electron chi connectivity index (χ1n) is 6.66. The fourth-order valence-corrected chi connectivity index (χ4v) is 2.24. The molecule has 0 aromatic rings. The van der Waals surface area contributed by atoms with E-state index in [-0.39, 0.29) is 18.1 Å². The molecular weight excluding hydrogens is 228 g/mol. The molecule has 1 rings (SSSR count). The van der Waals surface area contributed by atoms with Gasteiger partial charge in [0, 0.05) is 12.3 Å². The van der Waals surface area contributed by atoms with Crippen LogP contribution in [0.4, 0.5) is 0 Å². The van der Waals surface area contributed by atoms with Gasteiger partial charge in [-0.1, -0.05) is 38.5 Å². The van der Waals surface area contributed by atoms with Crippen LogP contribution < -0.4 is 0 Å². The number of carbonyl (C=O) groups is 1. The van der Waals surface area contributed by atoms with Crippen LogP contribution in [0.5, 0.6) is 0 Å². The van der Waals surface area contributed by atoms with E-state index in [9.17, 15) is 15.0 Å². The average molecular weight is 252 g/mol. The smallest absolute Gasteiger partial charge is 0.161 e. The largest absolute Gasteiger partial charge is 0.392 e. The number of ketones is 1. The number of aliphatic hydroxyl groups excluding tert-OH is 1. The molecule has 0 amide bonds. The van der Waals surface area contributed by atoms with Crippen molar-refractivity contribution < 1.29 is 15.0 Å². The molecule has 0 heterocycles. The summed E-state index contributed by atoms with van der Waals surface area (Å²) in [6.45, 7) is 7.62. The minimum atomic E-state index is -0.707. The fraction of sp³-hybridized carbons (Fsp3) is 0.667. The van der Waals surface area contributed by atoms with Gasteiger partial charge >= 0.3 is 0 Å². The van der Waals surface area contributed by atoms with Gasteiger partial charge in [-0.3, -0.25) is 4.79 Å². The first-order chi connectivity index (χ1) is 8.37. The molecule has 1 aliphatic rings. The van der Waals surface area contributed by atoms with Crippen molar-refractivity contribution in [3.63, 3.8) is 0 Å². The van der Waals surface area contributed by atoms with Gasteiger partial charge in [-0.05, 0) is 25.3 Å². The fourth-order valence-electron chi connectivity index (χ4n) is 2.24. The Hall–Kier alpha value is -0.930. The molecule has 0 bridgehead atoms. The van der Waals surface area contributed by atoms with E-state index in [0.29, 0.717) is 12.0 Å². The lowest BCUT2D eigenvalue weighted by molar-refractivity contribution is -0.115. The van der Waals surface area contributed by atoms with Gasteiger partial charge in [-0.25, -0.2) is 0 Å². The third-order valence-corrected chi connectivity index (χ3v) is 3.54. The Morgan fingerprint density at radius 1 is 1.56 bits per heavy atom. The van der Waals surface area contributed by atoms with Crippen LogP contribution in [0.3, 0.4) is 0 Å². The van der Waals surface area contributed by atoms with Crippen LogP contribution in [0.15, 0.2) is 24.3 Å². The van der Waals surface area contributed by atoms with Crippen molar-refractivity contribution in [2.24, 2.45) is 5.92 Å². The molecule has 2 N–H and O–H groups in total. The van der Waals surface area contributed by atoms with E-state index >= 15 is 0 Å². The lowest BCUT2D eigenvalue weighted by Gasteiger charge is -2.21. The van der Waals surface area contributed by atoms with Crippen LogP contribution >= 0.6 is 0 Å². The highest BCUT2D eigenvalue weighted by atomic mass is 16.3. The number of aliphatic hydroxyl groups is 2. The van der Waals surface area contributed by atoms with Crippen molar-refractivity contribution >= 4 is 5.78 Å². The summed E-state index contributed by atoms with van der Waals surface area (Å²) in [7, 11) is 0. The Morgan fingerprint density at radius 3 is 2.72 bits per heavy atom. The van der Waals surface area contributed by atoms with E-state index in [1.165, 1.54) is 0 Å². The molecule has 0 saturated heterocycles. The van der Waals surface area contributed by atoms with Crippen LogP contribution in [0.1, 0.15) is 46.0 Å². The van der Waals surface area contributed by atoms with Gasteiger partial charge in [0.1, 0.15) is 0 Å². The number of hydrogen-bond acceptors (Lipinski definition) is 3. The zero-order valence-corrected chi connectivity index (χ0v) is 11.4. The Morgan fingerprint density at radius 2 is 2.22 bits per heavy atom. The van der Waals surface area contributed by atoms with Crippen LogP contribution in [0.2, 0.25) is 0 Å². The number of carbonyl (C=O) groups excluding carboxylic acids is 1. The van der Waals surface area contributed by atoms with Gasteiger partial charge in [0.25, 0.3) is 0 Å². The number of hydrogen-bond donors (Lipinski definition) is 2. The molecule has 3 heteroatoms. The third-order valence-electron chi connectivity index (χ3n) is 3.54. The molecule has 0 aromatic heterocycles. The predicted molar refractivity (Wildman–Crippen MR) is 72.2 cm³/mol. The van der Waals surface area contributed by atoms with E-state index in [1.54, 1.807) is 6.08 Å². The number of Topliss-reactive ketones (excluding diaryl/α,β-unsaturated/α-hetero) is 1. The third kappa shape index (κ3) is 4.07. The van der Waals surface area contributed by atoms with Gasteiger partial charge in [-0.2, -0.15) is 0 Å². The van der Waals surface area contributed by atoms with E-state index < -0.39 is 11.7 Å². The van der Waals surface area contributed by atoms with Crippen LogP contribution in [-0.4, -0.2) is 27.7 Å². The van der Waals surface area contributed by atoms with Gasteiger partial charge in [0.2, 0.25) is 0 Å². The molecule has 1 saturated carbocycles. The predicted octanol–water partition coefficient (Wildman–Crippen LogP) is 2.38. The second kappa shape index (κ2) is 6.30. The standard InChI is InChI=1S/C15H24O3/c1-4-5-8-15(3,18)9-6-7-12-11(2)13(16)10-14(12)17/h6-7,12,14,17-18H,2,4-5,8-10H2,1,3H3/b7-6+/t12-,14-,15?/m1/s1. The van der Waals surface area contributed by atoms with Crippen molar-refractivity contribution in [2.45, 2.75) is 57.7 Å². The minimum absolute atomic E-state index is 0.0603. The molecule has 18 heavy (non-hydrogen) atoms. The normalized spacial score (nSPS) is 28.0. The average Bonchev–Trinajstić information content (AvgIpc) is 2.53. The summed E-state index contributed by atoms with van der Waals surface area (Å²) in [6.07, 6.45) is 6.54. The quantitative estimate of drug-likeness (QED) is 0.563. The summed E-state index contributed by atoms with van der Waals surface area (Å²) < 4.78 is 0. The summed E-state index contributed by atoms with van der Waals surface area (Å²) in [5.74, 6) is -0.339. The summed E-state index contributed by atoms with van der Waals surface area (Å²) in [5.41, 5.74) is -0.228. The van der Waals surface area contributed by atoms with Crippen molar-refractivity contribution in [3.05, 3.63) is 24.3 Å². The van der Waals surface area contributed by atoms with Gasteiger partial charge in [-0.15, -0.1) is 0 Å². The van der Waals surface area contributed by atoms with E-state index in [4.69, 9.17) is 0 Å². The van der Waals surface area contributed by atoms with Crippen LogP contribution in [0.25, 0.3) is 0 Å². The van der Waals surface area contributed by atoms with Crippen LogP contribution in [0, 0.1) is 5.92 Å². The molecule has 3 atom stereocenters. The maximum atomic E-state index is 11.4. The lowest BCUT2D eigenvalue weighted by Crippen LogP contribution is -2.23. The highest BCUT2D eigenvalue weighted by molar-refractivity contribution is 5.98. The summed E-state index contributed by atoms with van der Waals surface area (Å²) in [5, 5.41) is 19.8. The molecule has 1 unspecified atom stereocenters. The Kier molecular flexibility index (Phi) is 5.29. The minimum Gasteiger partial charge on any atom is -0.392 e. The Labute approximate surface area is 109 Å². The first-order valence-corrected chi connectivity index (χ1v) is 6.66. The Balaban J connectivity index is 2.50. The highest BCUT2D eigenvalue weighted by Crippen LogP contribution is 2.29. The maximum absolute atomic E-state index is 11.4. The molecule has 3 nitrogen and oxygen atoms in total. The molecular formula is C15H24O3. The molecule has 102 valence electrons. The molecule has 0 aliphatic heterocycles. The van der Waals surface area contributed by atoms with E-state index in [1.807, 2.05) is 13.0 Å². The SMILES string of the molecule is C=C1C(=O)C[C@@H](O)[C@@H]1/C=C/CC(C)(O)CCCC. The van der Waals surface area contributed by atoms with Crippen molar-refractivity contribution in [1.29, 1.82) is 0 Å². The van der Waals surface area contributed by atoms with Gasteiger partial charge in [0.05, 0.1) is 11.7 Å². The number of rotatable bonds is 6. The number of unbranched alkanes of at least 4 members (excludes halogenated alkanes) is 1. The summed E-state index contributed by atoms with van der Waals surface area (Å²) in [6, 6.07) is 0. The maximum Gasteiger partial charge on any atom is 0.161 e. The molecule has 1 aliphatic carbocycles. The van der Waals surface area contributed by atoms with Crippen molar-refractivity contribution in [1.82, 2.24) is 0 Å². The van der Waals surface area contributed by atoms with Crippen molar-refractivity contribution in [2.75, 3.05) is 0 Å². The topological polar surface area (TPSA) is 57.5 Å². The van der Waals surface area contributed by atoms with E-state index in [0.717, 1.165) is 19.3 Å². The highest BCUT2D eigenvalue weighted by Gasteiger charge is 2.33. The second-order valence-corrected chi connectivity index (χ2v) is 5.48. The van der Waals surface area contributed by atoms with E-state index in [2.05, 4.69) is 13.5 Å². The monoisotopic (exact) mass is 252 g/mol. The Bertz CT molecular complexity index is 342. The molecule has 0 radical (unpaired) electrons. The molecule has 0 spiro atoms. The zero-order valence-electron chi connectivity index (χ0n) is 11.4. The molecule has 0 aromatic carbocycles. The molecule has 1 fully saturated rings. The second-order valence-electron chi connectivity index (χ2n) is 5.48. The van der Waals surface area contributed by atoms with Crippen molar-refractivity contribution in [3.8, 4) is 0 Å². The summed E-state index contributed by atoms with van der Waals surface area (Å²) in [4.78, 5) is 11.4. The van der Waals surface area contributed by atoms with Crippen LogP contribution in [-0.2, 0) is 4.79 Å².